The molecule has 92 valence electrons. The summed E-state index contributed by atoms with van der Waals surface area (Å²) in [4.78, 5) is 0. The first kappa shape index (κ1) is 14.8. The second-order valence-electron chi connectivity index (χ2n) is 3.00. The van der Waals surface area contributed by atoms with E-state index in [1.54, 1.807) is 14.2 Å². The lowest BCUT2D eigenvalue weighted by Gasteiger charge is -2.19. The fourth-order valence-electron chi connectivity index (χ4n) is 0.943. The monoisotopic (exact) mass is 222 g/mol. The fraction of sp³-hybridized carbons (Fsp3) is 1.00. The van der Waals surface area contributed by atoms with Gasteiger partial charge in [0.05, 0.1) is 26.4 Å². The van der Waals surface area contributed by atoms with Crippen LogP contribution in [-0.2, 0) is 23.7 Å². The summed E-state index contributed by atoms with van der Waals surface area (Å²) in [5, 5.41) is 0. The van der Waals surface area contributed by atoms with Crippen molar-refractivity contribution in [1.29, 1.82) is 0 Å². The summed E-state index contributed by atoms with van der Waals surface area (Å²) < 4.78 is 25.7. The van der Waals surface area contributed by atoms with Crippen LogP contribution in [0.1, 0.15) is 13.8 Å². The van der Waals surface area contributed by atoms with Crippen LogP contribution < -0.4 is 0 Å². The van der Waals surface area contributed by atoms with Crippen LogP contribution in [0.4, 0.5) is 0 Å². The zero-order valence-electron chi connectivity index (χ0n) is 10.0. The Bertz CT molecular complexity index is 117. The van der Waals surface area contributed by atoms with Crippen LogP contribution in [0.25, 0.3) is 0 Å². The first-order chi connectivity index (χ1) is 7.20. The van der Waals surface area contributed by atoms with Gasteiger partial charge in [0.25, 0.3) is 0 Å². The maximum atomic E-state index is 5.39. The van der Waals surface area contributed by atoms with Crippen LogP contribution >= 0.6 is 0 Å². The Balaban J connectivity index is 3.35. The first-order valence-electron chi connectivity index (χ1n) is 5.07. The third-order valence-electron chi connectivity index (χ3n) is 1.66. The fourth-order valence-corrected chi connectivity index (χ4v) is 0.943. The van der Waals surface area contributed by atoms with Gasteiger partial charge in [0, 0.05) is 14.2 Å². The predicted octanol–water partition coefficient (Wildman–Crippen LogP) is 1.02. The van der Waals surface area contributed by atoms with E-state index in [1.807, 2.05) is 13.8 Å². The SMILES string of the molecule is COCCOC(C)OC(C)OCCOC. The van der Waals surface area contributed by atoms with E-state index < -0.39 is 0 Å². The van der Waals surface area contributed by atoms with Crippen molar-refractivity contribution in [2.45, 2.75) is 26.4 Å². The van der Waals surface area contributed by atoms with E-state index in [4.69, 9.17) is 23.7 Å². The van der Waals surface area contributed by atoms with Crippen molar-refractivity contribution in [3.05, 3.63) is 0 Å². The molecule has 0 fully saturated rings. The Morgan fingerprint density at radius 3 is 1.47 bits per heavy atom. The van der Waals surface area contributed by atoms with E-state index in [9.17, 15) is 0 Å². The molecule has 5 nitrogen and oxygen atoms in total. The molecule has 0 aliphatic carbocycles. The molecule has 0 N–H and O–H groups in total. The summed E-state index contributed by atoms with van der Waals surface area (Å²) in [6.45, 7) is 5.81. The Labute approximate surface area is 91.6 Å². The standard InChI is InChI=1S/C10H22O5/c1-9(13-7-5-11-3)15-10(2)14-8-6-12-4/h9-10H,5-8H2,1-4H3. The smallest absolute Gasteiger partial charge is 0.158 e. The Morgan fingerprint density at radius 2 is 1.13 bits per heavy atom. The van der Waals surface area contributed by atoms with E-state index in [0.717, 1.165) is 0 Å². The average molecular weight is 222 g/mol. The summed E-state index contributed by atoms with van der Waals surface area (Å²) >= 11 is 0. The topological polar surface area (TPSA) is 46.2 Å². The van der Waals surface area contributed by atoms with Gasteiger partial charge in [-0.2, -0.15) is 0 Å². The molecule has 2 atom stereocenters. The summed E-state index contributed by atoms with van der Waals surface area (Å²) in [6, 6.07) is 0. The van der Waals surface area contributed by atoms with Crippen molar-refractivity contribution in [2.24, 2.45) is 0 Å². The van der Waals surface area contributed by atoms with Gasteiger partial charge in [-0.1, -0.05) is 0 Å². The lowest BCUT2D eigenvalue weighted by molar-refractivity contribution is -0.235. The van der Waals surface area contributed by atoms with Gasteiger partial charge in [-0.25, -0.2) is 0 Å². The summed E-state index contributed by atoms with van der Waals surface area (Å²) in [6.07, 6.45) is -0.588. The largest absolute Gasteiger partial charge is 0.382 e. The molecule has 0 saturated heterocycles. The normalized spacial score (nSPS) is 15.2. The van der Waals surface area contributed by atoms with Crippen LogP contribution in [0.5, 0.6) is 0 Å². The molecule has 0 aliphatic rings. The minimum atomic E-state index is -0.294. The van der Waals surface area contributed by atoms with Crippen LogP contribution in [0.2, 0.25) is 0 Å². The Hall–Kier alpha value is -0.200. The minimum Gasteiger partial charge on any atom is -0.382 e. The molecule has 2 unspecified atom stereocenters. The molecule has 0 amide bonds. The van der Waals surface area contributed by atoms with Crippen molar-refractivity contribution in [2.75, 3.05) is 40.6 Å². The molecule has 0 saturated carbocycles. The maximum absolute atomic E-state index is 5.39. The van der Waals surface area contributed by atoms with Gasteiger partial charge in [-0.05, 0) is 13.8 Å². The molecular formula is C10H22O5. The van der Waals surface area contributed by atoms with Gasteiger partial charge < -0.3 is 23.7 Å². The summed E-state index contributed by atoms with van der Waals surface area (Å²) in [5.41, 5.74) is 0. The highest BCUT2D eigenvalue weighted by Gasteiger charge is 2.08. The average Bonchev–Trinajstić information content (AvgIpc) is 2.18. The zero-order valence-corrected chi connectivity index (χ0v) is 10.0. The minimum absolute atomic E-state index is 0.294. The molecular weight excluding hydrogens is 200 g/mol. The van der Waals surface area contributed by atoms with Crippen LogP contribution in [0.15, 0.2) is 0 Å². The predicted molar refractivity (Wildman–Crippen MR) is 55.7 cm³/mol. The molecule has 0 aliphatic heterocycles. The van der Waals surface area contributed by atoms with E-state index in [0.29, 0.717) is 26.4 Å². The second-order valence-corrected chi connectivity index (χ2v) is 3.00. The molecule has 0 bridgehead atoms. The molecule has 0 aromatic rings. The summed E-state index contributed by atoms with van der Waals surface area (Å²) in [7, 11) is 3.26. The van der Waals surface area contributed by atoms with Gasteiger partial charge >= 0.3 is 0 Å². The van der Waals surface area contributed by atoms with Crippen molar-refractivity contribution >= 4 is 0 Å². The van der Waals surface area contributed by atoms with Gasteiger partial charge in [-0.3, -0.25) is 0 Å². The molecule has 0 aromatic heterocycles. The van der Waals surface area contributed by atoms with Crippen molar-refractivity contribution in [1.82, 2.24) is 0 Å². The number of methoxy groups -OCH3 is 2. The van der Waals surface area contributed by atoms with Gasteiger partial charge in [-0.15, -0.1) is 0 Å². The quantitative estimate of drug-likeness (QED) is 0.408. The Morgan fingerprint density at radius 1 is 0.733 bits per heavy atom. The Kier molecular flexibility index (Phi) is 10.2. The van der Waals surface area contributed by atoms with Gasteiger partial charge in [0.2, 0.25) is 0 Å². The van der Waals surface area contributed by atoms with Crippen LogP contribution in [0, 0.1) is 0 Å². The van der Waals surface area contributed by atoms with E-state index in [1.165, 1.54) is 0 Å². The number of hydrogen-bond acceptors (Lipinski definition) is 5. The van der Waals surface area contributed by atoms with E-state index >= 15 is 0 Å². The number of ether oxygens (including phenoxy) is 5. The van der Waals surface area contributed by atoms with Crippen LogP contribution in [0.3, 0.4) is 0 Å². The third kappa shape index (κ3) is 10.1. The summed E-state index contributed by atoms with van der Waals surface area (Å²) in [5.74, 6) is 0. The highest BCUT2D eigenvalue weighted by Crippen LogP contribution is 2.01. The molecule has 0 aromatic carbocycles. The molecule has 0 rings (SSSR count). The first-order valence-corrected chi connectivity index (χ1v) is 5.07. The van der Waals surface area contributed by atoms with Gasteiger partial charge in [0.15, 0.2) is 12.6 Å². The van der Waals surface area contributed by atoms with E-state index in [2.05, 4.69) is 0 Å². The number of rotatable bonds is 10. The van der Waals surface area contributed by atoms with Crippen molar-refractivity contribution < 1.29 is 23.7 Å². The van der Waals surface area contributed by atoms with Crippen molar-refractivity contribution in [3.8, 4) is 0 Å². The van der Waals surface area contributed by atoms with Gasteiger partial charge in [0.1, 0.15) is 0 Å². The molecule has 5 heteroatoms. The highest BCUT2D eigenvalue weighted by atomic mass is 16.8. The molecule has 15 heavy (non-hydrogen) atoms. The second kappa shape index (κ2) is 10.3. The van der Waals surface area contributed by atoms with Crippen LogP contribution in [-0.4, -0.2) is 53.2 Å². The molecule has 0 heterocycles. The van der Waals surface area contributed by atoms with E-state index in [-0.39, 0.29) is 12.6 Å². The molecule has 0 spiro atoms. The lowest BCUT2D eigenvalue weighted by Crippen LogP contribution is -2.24. The molecule has 0 radical (unpaired) electrons. The highest BCUT2D eigenvalue weighted by molar-refractivity contribution is 4.38. The zero-order chi connectivity index (χ0) is 11.5. The number of hydrogen-bond donors (Lipinski definition) is 0. The van der Waals surface area contributed by atoms with Crippen molar-refractivity contribution in [3.63, 3.8) is 0 Å². The third-order valence-corrected chi connectivity index (χ3v) is 1.66. The lowest BCUT2D eigenvalue weighted by atomic mass is 10.6. The maximum Gasteiger partial charge on any atom is 0.158 e.